The molecule has 1 aromatic rings. The van der Waals surface area contributed by atoms with E-state index in [0.717, 1.165) is 42.9 Å². The Labute approximate surface area is 128 Å². The van der Waals surface area contributed by atoms with Crippen LogP contribution in [0.25, 0.3) is 0 Å². The molecule has 0 aliphatic heterocycles. The molecule has 21 heavy (non-hydrogen) atoms. The van der Waals surface area contributed by atoms with Crippen molar-refractivity contribution in [1.82, 2.24) is 9.97 Å². The summed E-state index contributed by atoms with van der Waals surface area (Å²) < 4.78 is 0. The second-order valence-electron chi connectivity index (χ2n) is 7.07. The number of aromatic nitrogens is 2. The van der Waals surface area contributed by atoms with Gasteiger partial charge in [0.25, 0.3) is 0 Å². The lowest BCUT2D eigenvalue weighted by Gasteiger charge is -2.17. The minimum atomic E-state index is 0.354. The van der Waals surface area contributed by atoms with Gasteiger partial charge in [-0.1, -0.05) is 20.8 Å². The molecule has 1 aromatic heterocycles. The van der Waals surface area contributed by atoms with Gasteiger partial charge < -0.3 is 10.6 Å². The van der Waals surface area contributed by atoms with Gasteiger partial charge in [-0.05, 0) is 43.4 Å². The maximum atomic E-state index is 4.69. The first-order valence-electron chi connectivity index (χ1n) is 8.50. The molecule has 2 saturated carbocycles. The molecule has 0 spiro atoms. The summed E-state index contributed by atoms with van der Waals surface area (Å²) in [4.78, 5) is 9.31. The predicted molar refractivity (Wildman–Crippen MR) is 87.8 cm³/mol. The monoisotopic (exact) mass is 288 g/mol. The molecular formula is C17H28N4. The zero-order chi connectivity index (χ0) is 14.9. The molecule has 4 nitrogen and oxygen atoms in total. The molecule has 116 valence electrons. The van der Waals surface area contributed by atoms with Crippen molar-refractivity contribution in [3.63, 3.8) is 0 Å². The highest BCUT2D eigenvalue weighted by Crippen LogP contribution is 2.61. The highest BCUT2D eigenvalue weighted by Gasteiger charge is 2.53. The second kappa shape index (κ2) is 5.82. The third kappa shape index (κ3) is 3.47. The SMILES string of the molecule is CCCNc1cc(NCC2(C3CC3)CC2)nc(C(C)C)n1. The van der Waals surface area contributed by atoms with E-state index in [1.54, 1.807) is 0 Å². The van der Waals surface area contributed by atoms with Crippen LogP contribution in [0.5, 0.6) is 0 Å². The Hall–Kier alpha value is -1.32. The Morgan fingerprint density at radius 1 is 1.19 bits per heavy atom. The molecule has 2 aliphatic carbocycles. The number of nitrogens with one attached hydrogen (secondary N) is 2. The van der Waals surface area contributed by atoms with Gasteiger partial charge >= 0.3 is 0 Å². The minimum Gasteiger partial charge on any atom is -0.370 e. The normalized spacial score (nSPS) is 19.6. The summed E-state index contributed by atoms with van der Waals surface area (Å²) in [5.74, 6) is 4.20. The van der Waals surface area contributed by atoms with Gasteiger partial charge in [0, 0.05) is 25.1 Å². The first kappa shape index (κ1) is 14.6. The van der Waals surface area contributed by atoms with Gasteiger partial charge in [-0.3, -0.25) is 0 Å². The Balaban J connectivity index is 1.68. The van der Waals surface area contributed by atoms with Gasteiger partial charge in [-0.25, -0.2) is 9.97 Å². The molecule has 0 unspecified atom stereocenters. The van der Waals surface area contributed by atoms with Crippen molar-refractivity contribution in [2.75, 3.05) is 23.7 Å². The number of rotatable bonds is 8. The average molecular weight is 288 g/mol. The van der Waals surface area contributed by atoms with E-state index in [0.29, 0.717) is 11.3 Å². The van der Waals surface area contributed by atoms with Crippen LogP contribution in [-0.2, 0) is 0 Å². The zero-order valence-corrected chi connectivity index (χ0v) is 13.6. The molecule has 3 rings (SSSR count). The Morgan fingerprint density at radius 3 is 2.38 bits per heavy atom. The number of nitrogens with zero attached hydrogens (tertiary/aromatic N) is 2. The fourth-order valence-corrected chi connectivity index (χ4v) is 3.01. The van der Waals surface area contributed by atoms with Crippen LogP contribution in [0, 0.1) is 11.3 Å². The molecule has 4 heteroatoms. The van der Waals surface area contributed by atoms with E-state index in [1.807, 2.05) is 0 Å². The summed E-state index contributed by atoms with van der Waals surface area (Å²) in [5, 5.41) is 6.98. The molecule has 2 fully saturated rings. The molecule has 2 N–H and O–H groups in total. The molecule has 0 radical (unpaired) electrons. The summed E-state index contributed by atoms with van der Waals surface area (Å²) in [6, 6.07) is 2.06. The first-order chi connectivity index (χ1) is 10.1. The molecule has 0 saturated heterocycles. The fraction of sp³-hybridized carbons (Fsp3) is 0.765. The first-order valence-corrected chi connectivity index (χ1v) is 8.50. The lowest BCUT2D eigenvalue weighted by Crippen LogP contribution is -2.19. The van der Waals surface area contributed by atoms with Crippen molar-refractivity contribution in [1.29, 1.82) is 0 Å². The lowest BCUT2D eigenvalue weighted by atomic mass is 10.0. The largest absolute Gasteiger partial charge is 0.370 e. The molecule has 0 bridgehead atoms. The number of hydrogen-bond acceptors (Lipinski definition) is 4. The van der Waals surface area contributed by atoms with Gasteiger partial charge in [0.05, 0.1) is 0 Å². The van der Waals surface area contributed by atoms with Crippen molar-refractivity contribution < 1.29 is 0 Å². The van der Waals surface area contributed by atoms with Crippen LogP contribution in [-0.4, -0.2) is 23.1 Å². The third-order valence-electron chi connectivity index (χ3n) is 4.77. The Morgan fingerprint density at radius 2 is 1.86 bits per heavy atom. The van der Waals surface area contributed by atoms with E-state index in [4.69, 9.17) is 0 Å². The topological polar surface area (TPSA) is 49.8 Å². The van der Waals surface area contributed by atoms with Crippen LogP contribution in [0.3, 0.4) is 0 Å². The summed E-state index contributed by atoms with van der Waals surface area (Å²) >= 11 is 0. The van der Waals surface area contributed by atoms with E-state index >= 15 is 0 Å². The Kier molecular flexibility index (Phi) is 4.05. The molecule has 2 aliphatic rings. The summed E-state index contributed by atoms with van der Waals surface area (Å²) in [5.41, 5.74) is 0.597. The summed E-state index contributed by atoms with van der Waals surface area (Å²) in [6.45, 7) is 8.51. The second-order valence-corrected chi connectivity index (χ2v) is 7.07. The van der Waals surface area contributed by atoms with E-state index in [2.05, 4.69) is 47.4 Å². The van der Waals surface area contributed by atoms with Crippen LogP contribution in [0.2, 0.25) is 0 Å². The van der Waals surface area contributed by atoms with Crippen molar-refractivity contribution in [3.8, 4) is 0 Å². The van der Waals surface area contributed by atoms with E-state index in [1.165, 1.54) is 25.7 Å². The van der Waals surface area contributed by atoms with Gasteiger partial charge in [0.15, 0.2) is 0 Å². The van der Waals surface area contributed by atoms with E-state index in [9.17, 15) is 0 Å². The highest BCUT2D eigenvalue weighted by atomic mass is 15.1. The fourth-order valence-electron chi connectivity index (χ4n) is 3.01. The van der Waals surface area contributed by atoms with E-state index in [-0.39, 0.29) is 0 Å². The standard InChI is InChI=1S/C17H28N4/c1-4-9-18-14-10-15(21-16(20-14)12(2)3)19-11-17(7-8-17)13-5-6-13/h10,12-13H,4-9,11H2,1-3H3,(H2,18,19,20,21). The van der Waals surface area contributed by atoms with Crippen molar-refractivity contribution >= 4 is 11.6 Å². The van der Waals surface area contributed by atoms with Crippen molar-refractivity contribution in [2.24, 2.45) is 11.3 Å². The molecule has 1 heterocycles. The minimum absolute atomic E-state index is 0.354. The van der Waals surface area contributed by atoms with Gasteiger partial charge in [0.1, 0.15) is 17.5 Å². The van der Waals surface area contributed by atoms with Crippen LogP contribution in [0.1, 0.15) is 64.6 Å². The molecule has 0 aromatic carbocycles. The van der Waals surface area contributed by atoms with Gasteiger partial charge in [-0.2, -0.15) is 0 Å². The van der Waals surface area contributed by atoms with Crippen LogP contribution < -0.4 is 10.6 Å². The summed E-state index contributed by atoms with van der Waals surface area (Å²) in [7, 11) is 0. The average Bonchev–Trinajstić information content (AvgIpc) is 3.35. The quantitative estimate of drug-likeness (QED) is 0.758. The van der Waals surface area contributed by atoms with Gasteiger partial charge in [0.2, 0.25) is 0 Å². The number of hydrogen-bond donors (Lipinski definition) is 2. The predicted octanol–water partition coefficient (Wildman–Crippen LogP) is 4.02. The van der Waals surface area contributed by atoms with Gasteiger partial charge in [-0.15, -0.1) is 0 Å². The smallest absolute Gasteiger partial charge is 0.135 e. The van der Waals surface area contributed by atoms with Crippen LogP contribution >= 0.6 is 0 Å². The van der Waals surface area contributed by atoms with Crippen molar-refractivity contribution in [3.05, 3.63) is 11.9 Å². The van der Waals surface area contributed by atoms with Crippen LogP contribution in [0.4, 0.5) is 11.6 Å². The zero-order valence-electron chi connectivity index (χ0n) is 13.6. The van der Waals surface area contributed by atoms with Crippen molar-refractivity contribution in [2.45, 2.75) is 58.8 Å². The Bertz CT molecular complexity index is 490. The molecule has 0 atom stereocenters. The highest BCUT2D eigenvalue weighted by molar-refractivity contribution is 5.48. The van der Waals surface area contributed by atoms with Crippen LogP contribution in [0.15, 0.2) is 6.07 Å². The molecule has 0 amide bonds. The van der Waals surface area contributed by atoms with E-state index < -0.39 is 0 Å². The molecular weight excluding hydrogens is 260 g/mol. The third-order valence-corrected chi connectivity index (χ3v) is 4.77. The summed E-state index contributed by atoms with van der Waals surface area (Å²) in [6.07, 6.45) is 6.77. The maximum Gasteiger partial charge on any atom is 0.135 e. The number of anilines is 2. The lowest BCUT2D eigenvalue weighted by molar-refractivity contribution is 0.466. The maximum absolute atomic E-state index is 4.69.